The fourth-order valence-electron chi connectivity index (χ4n) is 2.66. The SMILES string of the molecule is CC(F)(F)c1cc(Cl)c2nc(-c3nc(-c4ccc(C(=O)Cl)cc4Cl)no3)cn2c1. The Labute approximate surface area is 177 Å². The van der Waals surface area contributed by atoms with Crippen molar-refractivity contribution in [3.63, 3.8) is 0 Å². The average Bonchev–Trinajstić information content (AvgIpc) is 3.27. The number of nitrogens with zero attached hydrogens (tertiary/aromatic N) is 4. The molecule has 29 heavy (non-hydrogen) atoms. The maximum absolute atomic E-state index is 13.6. The Hall–Kier alpha value is -2.55. The lowest BCUT2D eigenvalue weighted by atomic mass is 10.1. The Morgan fingerprint density at radius 3 is 2.55 bits per heavy atom. The van der Waals surface area contributed by atoms with Gasteiger partial charge in [0.25, 0.3) is 17.1 Å². The van der Waals surface area contributed by atoms with Gasteiger partial charge in [-0.1, -0.05) is 28.4 Å². The molecule has 4 rings (SSSR count). The van der Waals surface area contributed by atoms with Gasteiger partial charge in [-0.05, 0) is 35.9 Å². The number of alkyl halides is 2. The Balaban J connectivity index is 1.74. The molecule has 0 amide bonds. The third-order valence-electron chi connectivity index (χ3n) is 4.10. The summed E-state index contributed by atoms with van der Waals surface area (Å²) in [7, 11) is 0. The maximum Gasteiger partial charge on any atom is 0.278 e. The van der Waals surface area contributed by atoms with Crippen molar-refractivity contribution in [1.82, 2.24) is 19.5 Å². The number of hydrogen-bond acceptors (Lipinski definition) is 5. The number of rotatable bonds is 4. The fraction of sp³-hybridized carbons (Fsp3) is 0.111. The number of carbonyl (C=O) groups is 1. The minimum Gasteiger partial charge on any atom is -0.332 e. The second-order valence-corrected chi connectivity index (χ2v) is 7.37. The van der Waals surface area contributed by atoms with Gasteiger partial charge < -0.3 is 8.92 Å². The number of aromatic nitrogens is 4. The molecule has 3 heterocycles. The van der Waals surface area contributed by atoms with E-state index in [1.807, 2.05) is 0 Å². The molecule has 0 spiro atoms. The van der Waals surface area contributed by atoms with Gasteiger partial charge in [0.05, 0.1) is 10.0 Å². The summed E-state index contributed by atoms with van der Waals surface area (Å²) in [6, 6.07) is 5.55. The second kappa shape index (κ2) is 7.05. The highest BCUT2D eigenvalue weighted by atomic mass is 35.5. The Morgan fingerprint density at radius 2 is 1.90 bits per heavy atom. The van der Waals surface area contributed by atoms with Gasteiger partial charge in [0.2, 0.25) is 5.82 Å². The van der Waals surface area contributed by atoms with Crippen LogP contribution in [0.1, 0.15) is 22.8 Å². The van der Waals surface area contributed by atoms with Gasteiger partial charge in [-0.2, -0.15) is 4.98 Å². The van der Waals surface area contributed by atoms with Crippen LogP contribution in [-0.4, -0.2) is 24.8 Å². The number of hydrogen-bond donors (Lipinski definition) is 0. The van der Waals surface area contributed by atoms with Gasteiger partial charge in [-0.15, -0.1) is 0 Å². The summed E-state index contributed by atoms with van der Waals surface area (Å²) < 4.78 is 33.8. The van der Waals surface area contributed by atoms with Crippen molar-refractivity contribution in [3.8, 4) is 23.0 Å². The van der Waals surface area contributed by atoms with Crippen LogP contribution in [0.3, 0.4) is 0 Å². The number of pyridine rings is 1. The van der Waals surface area contributed by atoms with Gasteiger partial charge in [0.15, 0.2) is 5.65 Å². The standard InChI is InChI=1S/C18H9Cl3F2N4O2/c1-18(22,23)9-5-12(20)16-24-13(7-27(16)6-9)17-25-15(26-29-17)10-3-2-8(14(21)28)4-11(10)19/h2-7H,1H3. The van der Waals surface area contributed by atoms with Crippen LogP contribution in [0, 0.1) is 0 Å². The van der Waals surface area contributed by atoms with Gasteiger partial charge in [-0.3, -0.25) is 4.79 Å². The molecule has 0 aliphatic carbocycles. The lowest BCUT2D eigenvalue weighted by Gasteiger charge is -2.11. The van der Waals surface area contributed by atoms with Crippen molar-refractivity contribution in [3.05, 3.63) is 57.8 Å². The van der Waals surface area contributed by atoms with E-state index >= 15 is 0 Å². The van der Waals surface area contributed by atoms with Crippen molar-refractivity contribution in [2.75, 3.05) is 0 Å². The van der Waals surface area contributed by atoms with Gasteiger partial charge in [0, 0.05) is 36.0 Å². The Bertz CT molecular complexity index is 1260. The first kappa shape index (κ1) is 19.8. The largest absolute Gasteiger partial charge is 0.332 e. The minimum atomic E-state index is -3.06. The number of halogens is 5. The quantitative estimate of drug-likeness (QED) is 0.359. The fourth-order valence-corrected chi connectivity index (χ4v) is 3.30. The monoisotopic (exact) mass is 456 g/mol. The third-order valence-corrected chi connectivity index (χ3v) is 4.90. The number of benzene rings is 1. The smallest absolute Gasteiger partial charge is 0.278 e. The van der Waals surface area contributed by atoms with Crippen LogP contribution in [0.5, 0.6) is 0 Å². The zero-order valence-corrected chi connectivity index (χ0v) is 16.7. The molecule has 0 aliphatic heterocycles. The highest BCUT2D eigenvalue weighted by Gasteiger charge is 2.26. The zero-order chi connectivity index (χ0) is 20.9. The molecule has 11 heteroatoms. The van der Waals surface area contributed by atoms with Gasteiger partial charge >= 0.3 is 0 Å². The summed E-state index contributed by atoms with van der Waals surface area (Å²) in [5.74, 6) is -2.87. The van der Waals surface area contributed by atoms with Crippen LogP contribution < -0.4 is 0 Å². The summed E-state index contributed by atoms with van der Waals surface area (Å²) in [6.07, 6.45) is 2.68. The molecular weight excluding hydrogens is 449 g/mol. The van der Waals surface area contributed by atoms with E-state index in [0.717, 1.165) is 13.0 Å². The van der Waals surface area contributed by atoms with E-state index < -0.39 is 11.2 Å². The topological polar surface area (TPSA) is 73.3 Å². The summed E-state index contributed by atoms with van der Waals surface area (Å²) in [5, 5.41) is 3.47. The number of fused-ring (bicyclic) bond motifs is 1. The van der Waals surface area contributed by atoms with E-state index in [0.29, 0.717) is 5.56 Å². The number of imidazole rings is 1. The van der Waals surface area contributed by atoms with Crippen LogP contribution >= 0.6 is 34.8 Å². The Morgan fingerprint density at radius 1 is 1.14 bits per heavy atom. The molecule has 0 fully saturated rings. The van der Waals surface area contributed by atoms with Crippen molar-refractivity contribution in [2.24, 2.45) is 0 Å². The number of carbonyl (C=O) groups excluding carboxylic acids is 1. The molecule has 0 atom stereocenters. The van der Waals surface area contributed by atoms with Gasteiger partial charge in [-0.25, -0.2) is 13.8 Å². The molecular formula is C18H9Cl3F2N4O2. The van der Waals surface area contributed by atoms with E-state index in [1.54, 1.807) is 0 Å². The molecule has 0 aliphatic rings. The van der Waals surface area contributed by atoms with Crippen molar-refractivity contribution < 1.29 is 18.1 Å². The predicted octanol–water partition coefficient (Wildman–Crippen LogP) is 5.85. The Kier molecular flexibility index (Phi) is 4.80. The summed E-state index contributed by atoms with van der Waals surface area (Å²) in [6.45, 7) is 0.777. The first-order valence-electron chi connectivity index (χ1n) is 8.04. The maximum atomic E-state index is 13.6. The highest BCUT2D eigenvalue weighted by Crippen LogP contribution is 2.32. The molecule has 0 saturated carbocycles. The summed E-state index contributed by atoms with van der Waals surface area (Å²) >= 11 is 17.7. The van der Waals surface area contributed by atoms with Crippen molar-refractivity contribution in [1.29, 1.82) is 0 Å². The summed E-state index contributed by atoms with van der Waals surface area (Å²) in [4.78, 5) is 19.7. The van der Waals surface area contributed by atoms with Crippen LogP contribution in [0.4, 0.5) is 8.78 Å². The first-order valence-corrected chi connectivity index (χ1v) is 9.17. The van der Waals surface area contributed by atoms with E-state index in [9.17, 15) is 13.6 Å². The van der Waals surface area contributed by atoms with Gasteiger partial charge in [0.1, 0.15) is 5.69 Å². The van der Waals surface area contributed by atoms with Crippen LogP contribution in [0.2, 0.25) is 10.0 Å². The van der Waals surface area contributed by atoms with Crippen molar-refractivity contribution in [2.45, 2.75) is 12.8 Å². The van der Waals surface area contributed by atoms with Crippen LogP contribution in [0.25, 0.3) is 28.6 Å². The molecule has 6 nitrogen and oxygen atoms in total. The van der Waals surface area contributed by atoms with Crippen molar-refractivity contribution >= 4 is 45.7 Å². The molecule has 3 aromatic heterocycles. The zero-order valence-electron chi connectivity index (χ0n) is 14.5. The van der Waals surface area contributed by atoms with E-state index in [1.165, 1.54) is 35.0 Å². The predicted molar refractivity (Wildman–Crippen MR) is 104 cm³/mol. The first-order chi connectivity index (χ1) is 13.6. The molecule has 0 bridgehead atoms. The highest BCUT2D eigenvalue weighted by molar-refractivity contribution is 6.67. The third kappa shape index (κ3) is 3.71. The molecule has 0 N–H and O–H groups in total. The average molecular weight is 458 g/mol. The van der Waals surface area contributed by atoms with E-state index in [4.69, 9.17) is 39.3 Å². The second-order valence-electron chi connectivity index (χ2n) is 6.21. The van der Waals surface area contributed by atoms with E-state index in [2.05, 4.69) is 15.1 Å². The molecule has 0 saturated heterocycles. The van der Waals surface area contributed by atoms with E-state index in [-0.39, 0.29) is 44.2 Å². The molecule has 1 aromatic carbocycles. The minimum absolute atomic E-state index is 0.0399. The molecule has 148 valence electrons. The molecule has 0 radical (unpaired) electrons. The molecule has 0 unspecified atom stereocenters. The van der Waals surface area contributed by atoms with Crippen LogP contribution in [-0.2, 0) is 5.92 Å². The molecule has 4 aromatic rings. The van der Waals surface area contributed by atoms with Crippen LogP contribution in [0.15, 0.2) is 41.2 Å². The lowest BCUT2D eigenvalue weighted by molar-refractivity contribution is 0.0170. The lowest BCUT2D eigenvalue weighted by Crippen LogP contribution is -2.08. The summed E-state index contributed by atoms with van der Waals surface area (Å²) in [5.41, 5.74) is 0.884. The normalized spacial score (nSPS) is 11.9.